The van der Waals surface area contributed by atoms with Gasteiger partial charge in [0.05, 0.1) is 6.54 Å². The van der Waals surface area contributed by atoms with Crippen molar-refractivity contribution in [3.05, 3.63) is 76.1 Å². The van der Waals surface area contributed by atoms with Gasteiger partial charge in [-0.15, -0.1) is 11.3 Å². The summed E-state index contributed by atoms with van der Waals surface area (Å²) in [6, 6.07) is 16.9. The molecule has 3 aromatic rings. The molecule has 1 amide bonds. The molecule has 1 aliphatic heterocycles. The normalized spacial score (nSPS) is 15.3. The number of sulfonamides is 1. The third-order valence-corrected chi connectivity index (χ3v) is 9.16. The third kappa shape index (κ3) is 5.86. The molecule has 0 bridgehead atoms. The zero-order chi connectivity index (χ0) is 23.4. The van der Waals surface area contributed by atoms with Crippen LogP contribution in [0.4, 0.5) is 5.69 Å². The van der Waals surface area contributed by atoms with E-state index in [2.05, 4.69) is 10.6 Å². The van der Waals surface area contributed by atoms with Crippen molar-refractivity contribution in [1.29, 1.82) is 0 Å². The lowest BCUT2D eigenvalue weighted by Gasteiger charge is -2.31. The van der Waals surface area contributed by atoms with E-state index in [1.807, 2.05) is 0 Å². The summed E-state index contributed by atoms with van der Waals surface area (Å²) in [4.78, 5) is 13.0. The van der Waals surface area contributed by atoms with Crippen LogP contribution in [0.3, 0.4) is 0 Å². The van der Waals surface area contributed by atoms with Gasteiger partial charge in [-0.2, -0.15) is 4.31 Å². The molecular weight excluding hydrogens is 482 g/mol. The number of anilines is 1. The molecule has 0 aliphatic carbocycles. The predicted molar refractivity (Wildman–Crippen MR) is 130 cm³/mol. The van der Waals surface area contributed by atoms with E-state index in [1.165, 1.54) is 15.6 Å². The maximum Gasteiger partial charge on any atom is 0.252 e. The van der Waals surface area contributed by atoms with Gasteiger partial charge in [0.25, 0.3) is 15.9 Å². The summed E-state index contributed by atoms with van der Waals surface area (Å²) >= 11 is 7.02. The maximum absolute atomic E-state index is 13.1. The number of phenols is 1. The number of rotatable bonds is 7. The fraction of sp³-hybridized carbons (Fsp3) is 0.261. The number of hydrogen-bond acceptors (Lipinski definition) is 6. The Balaban J connectivity index is 1.31. The van der Waals surface area contributed by atoms with E-state index in [9.17, 15) is 18.3 Å². The first kappa shape index (κ1) is 23.6. The molecule has 10 heteroatoms. The number of phenolic OH excluding ortho intramolecular Hbond substituents is 1. The molecule has 1 saturated heterocycles. The van der Waals surface area contributed by atoms with Crippen LogP contribution in [0.2, 0.25) is 5.02 Å². The van der Waals surface area contributed by atoms with Gasteiger partial charge in [0.1, 0.15) is 9.96 Å². The minimum atomic E-state index is -3.57. The number of carbonyl (C=O) groups excluding carboxylic acids is 1. The second kappa shape index (κ2) is 10.1. The van der Waals surface area contributed by atoms with Gasteiger partial charge < -0.3 is 15.7 Å². The van der Waals surface area contributed by atoms with Crippen molar-refractivity contribution < 1.29 is 18.3 Å². The summed E-state index contributed by atoms with van der Waals surface area (Å²) in [5.74, 6) is -0.0333. The molecule has 0 spiro atoms. The van der Waals surface area contributed by atoms with Gasteiger partial charge in [-0.1, -0.05) is 11.6 Å². The summed E-state index contributed by atoms with van der Waals surface area (Å²) in [5, 5.41) is 16.1. The maximum atomic E-state index is 13.1. The van der Waals surface area contributed by atoms with Gasteiger partial charge in [-0.25, -0.2) is 8.42 Å². The summed E-state index contributed by atoms with van der Waals surface area (Å²) in [6.45, 7) is 1.11. The van der Waals surface area contributed by atoms with Crippen molar-refractivity contribution in [2.75, 3.05) is 18.4 Å². The summed E-state index contributed by atoms with van der Waals surface area (Å²) in [7, 11) is -3.57. The first-order valence-electron chi connectivity index (χ1n) is 10.5. The Morgan fingerprint density at radius 1 is 1.03 bits per heavy atom. The summed E-state index contributed by atoms with van der Waals surface area (Å²) < 4.78 is 28.0. The first-order chi connectivity index (χ1) is 15.8. The molecule has 1 fully saturated rings. The van der Waals surface area contributed by atoms with Crippen LogP contribution < -0.4 is 10.6 Å². The Morgan fingerprint density at radius 2 is 1.70 bits per heavy atom. The van der Waals surface area contributed by atoms with Crippen molar-refractivity contribution in [2.45, 2.75) is 29.6 Å². The molecule has 174 valence electrons. The molecule has 2 aromatic carbocycles. The van der Waals surface area contributed by atoms with Crippen LogP contribution in [0.15, 0.2) is 64.9 Å². The second-order valence-corrected chi connectivity index (χ2v) is 11.5. The fourth-order valence-electron chi connectivity index (χ4n) is 3.62. The van der Waals surface area contributed by atoms with E-state index in [0.29, 0.717) is 36.5 Å². The van der Waals surface area contributed by atoms with Crippen LogP contribution in [-0.2, 0) is 16.6 Å². The van der Waals surface area contributed by atoms with E-state index in [4.69, 9.17) is 11.6 Å². The van der Waals surface area contributed by atoms with Crippen molar-refractivity contribution in [3.8, 4) is 5.75 Å². The monoisotopic (exact) mass is 505 g/mol. The zero-order valence-corrected chi connectivity index (χ0v) is 20.1. The Kier molecular flexibility index (Phi) is 7.23. The molecule has 33 heavy (non-hydrogen) atoms. The lowest BCUT2D eigenvalue weighted by molar-refractivity contribution is 0.0951. The summed E-state index contributed by atoms with van der Waals surface area (Å²) in [5.41, 5.74) is 1.39. The fourth-order valence-corrected chi connectivity index (χ4v) is 6.67. The second-order valence-electron chi connectivity index (χ2n) is 7.78. The smallest absolute Gasteiger partial charge is 0.252 e. The SMILES string of the molecule is O=C(NCc1ccc(S(=O)(=O)N2CCC(Nc3ccc(O)cc3)CC2)s1)c1ccc(Cl)cc1. The van der Waals surface area contributed by atoms with Gasteiger partial charge in [0.2, 0.25) is 0 Å². The zero-order valence-electron chi connectivity index (χ0n) is 17.7. The number of amides is 1. The largest absolute Gasteiger partial charge is 0.508 e. The van der Waals surface area contributed by atoms with E-state index in [0.717, 1.165) is 10.6 Å². The minimum absolute atomic E-state index is 0.169. The molecule has 2 heterocycles. The molecular formula is C23H24ClN3O4S2. The molecule has 0 atom stereocenters. The quantitative estimate of drug-likeness (QED) is 0.416. The van der Waals surface area contributed by atoms with Gasteiger partial charge in [-0.05, 0) is 73.5 Å². The van der Waals surface area contributed by atoms with Gasteiger partial charge >= 0.3 is 0 Å². The Morgan fingerprint density at radius 3 is 2.36 bits per heavy atom. The van der Waals surface area contributed by atoms with Crippen LogP contribution in [0, 0.1) is 0 Å². The number of carbonyl (C=O) groups is 1. The number of nitrogens with zero attached hydrogens (tertiary/aromatic N) is 1. The highest BCUT2D eigenvalue weighted by atomic mass is 35.5. The minimum Gasteiger partial charge on any atom is -0.508 e. The molecule has 3 N–H and O–H groups in total. The van der Waals surface area contributed by atoms with Crippen LogP contribution in [0.1, 0.15) is 28.1 Å². The molecule has 1 aliphatic rings. The van der Waals surface area contributed by atoms with Crippen LogP contribution in [0.5, 0.6) is 5.75 Å². The number of thiophene rings is 1. The molecule has 0 unspecified atom stereocenters. The first-order valence-corrected chi connectivity index (χ1v) is 13.1. The van der Waals surface area contributed by atoms with Crippen LogP contribution in [0.25, 0.3) is 0 Å². The number of hydrogen-bond donors (Lipinski definition) is 3. The Bertz CT molecular complexity index is 1200. The molecule has 4 rings (SSSR count). The van der Waals surface area contributed by atoms with E-state index in [1.54, 1.807) is 60.7 Å². The molecule has 0 saturated carbocycles. The van der Waals surface area contributed by atoms with E-state index in [-0.39, 0.29) is 28.5 Å². The van der Waals surface area contributed by atoms with Crippen LogP contribution in [-0.4, -0.2) is 42.9 Å². The van der Waals surface area contributed by atoms with Crippen molar-refractivity contribution in [3.63, 3.8) is 0 Å². The lowest BCUT2D eigenvalue weighted by atomic mass is 10.1. The number of piperidine rings is 1. The lowest BCUT2D eigenvalue weighted by Crippen LogP contribution is -2.42. The van der Waals surface area contributed by atoms with Gasteiger partial charge in [0.15, 0.2) is 0 Å². The van der Waals surface area contributed by atoms with Crippen LogP contribution >= 0.6 is 22.9 Å². The standard InChI is InChI=1S/C23H24ClN3O4S2/c24-17-3-1-16(2-4-17)23(29)25-15-21-9-10-22(32-21)33(30,31)27-13-11-19(12-14-27)26-18-5-7-20(28)8-6-18/h1-10,19,26,28H,11-15H2,(H,25,29). The Labute approximate surface area is 202 Å². The molecule has 7 nitrogen and oxygen atoms in total. The van der Waals surface area contributed by atoms with Crippen molar-refractivity contribution >= 4 is 44.6 Å². The highest BCUT2D eigenvalue weighted by molar-refractivity contribution is 7.91. The van der Waals surface area contributed by atoms with E-state index >= 15 is 0 Å². The van der Waals surface area contributed by atoms with Crippen molar-refractivity contribution in [2.24, 2.45) is 0 Å². The van der Waals surface area contributed by atoms with Crippen molar-refractivity contribution in [1.82, 2.24) is 9.62 Å². The Hall–Kier alpha value is -2.59. The van der Waals surface area contributed by atoms with Gasteiger partial charge in [0, 0.05) is 40.3 Å². The number of aromatic hydroxyl groups is 1. The number of halogens is 1. The third-order valence-electron chi connectivity index (χ3n) is 5.45. The average molecular weight is 506 g/mol. The predicted octanol–water partition coefficient (Wildman–Crippen LogP) is 4.30. The van der Waals surface area contributed by atoms with Gasteiger partial charge in [-0.3, -0.25) is 4.79 Å². The average Bonchev–Trinajstić information content (AvgIpc) is 3.30. The topological polar surface area (TPSA) is 98.7 Å². The molecule has 0 radical (unpaired) electrons. The summed E-state index contributed by atoms with van der Waals surface area (Å²) in [6.07, 6.45) is 1.38. The van der Waals surface area contributed by atoms with E-state index < -0.39 is 10.0 Å². The number of benzene rings is 2. The number of nitrogens with one attached hydrogen (secondary N) is 2. The highest BCUT2D eigenvalue weighted by Gasteiger charge is 2.30. The molecule has 1 aromatic heterocycles. The highest BCUT2D eigenvalue weighted by Crippen LogP contribution is 2.28.